The van der Waals surface area contributed by atoms with E-state index in [2.05, 4.69) is 42.8 Å². The van der Waals surface area contributed by atoms with Gasteiger partial charge in [0.15, 0.2) is 0 Å². The van der Waals surface area contributed by atoms with Crippen molar-refractivity contribution < 1.29 is 14.7 Å². The second-order valence-electron chi connectivity index (χ2n) is 8.98. The number of benzene rings is 1. The highest BCUT2D eigenvalue weighted by Crippen LogP contribution is 2.32. The van der Waals surface area contributed by atoms with Crippen molar-refractivity contribution in [1.82, 2.24) is 14.7 Å². The maximum absolute atomic E-state index is 13.0. The van der Waals surface area contributed by atoms with E-state index < -0.39 is 5.97 Å². The predicted molar refractivity (Wildman–Crippen MR) is 114 cm³/mol. The molecule has 6 nitrogen and oxygen atoms in total. The Morgan fingerprint density at radius 2 is 1.80 bits per heavy atom. The van der Waals surface area contributed by atoms with Crippen molar-refractivity contribution in [3.8, 4) is 0 Å². The minimum Gasteiger partial charge on any atom is -0.481 e. The highest BCUT2D eigenvalue weighted by Gasteiger charge is 2.30. The Bertz CT molecular complexity index is 924. The Hall–Kier alpha value is -2.63. The molecule has 1 N–H and O–H groups in total. The molecule has 0 unspecified atom stereocenters. The smallest absolute Gasteiger partial charge is 0.306 e. The number of rotatable bonds is 5. The number of hydrogen-bond donors (Lipinski definition) is 1. The zero-order valence-corrected chi connectivity index (χ0v) is 17.9. The van der Waals surface area contributed by atoms with E-state index in [0.29, 0.717) is 31.7 Å². The van der Waals surface area contributed by atoms with E-state index in [4.69, 9.17) is 10.2 Å². The Morgan fingerprint density at radius 1 is 1.10 bits per heavy atom. The summed E-state index contributed by atoms with van der Waals surface area (Å²) in [7, 11) is 0. The molecule has 0 saturated heterocycles. The van der Waals surface area contributed by atoms with Crippen LogP contribution in [0.25, 0.3) is 0 Å². The van der Waals surface area contributed by atoms with Crippen molar-refractivity contribution in [3.63, 3.8) is 0 Å². The highest BCUT2D eigenvalue weighted by molar-refractivity contribution is 5.77. The van der Waals surface area contributed by atoms with E-state index in [-0.39, 0.29) is 11.8 Å². The molecular weight excluding hydrogens is 378 g/mol. The van der Waals surface area contributed by atoms with E-state index in [1.807, 2.05) is 4.90 Å². The summed E-state index contributed by atoms with van der Waals surface area (Å²) in [5, 5.41) is 13.9. The van der Waals surface area contributed by atoms with E-state index >= 15 is 0 Å². The molecule has 1 aliphatic heterocycles. The van der Waals surface area contributed by atoms with E-state index in [1.54, 1.807) is 0 Å². The maximum Gasteiger partial charge on any atom is 0.306 e. The first kappa shape index (κ1) is 20.6. The minimum absolute atomic E-state index is 0.195. The largest absolute Gasteiger partial charge is 0.481 e. The second-order valence-corrected chi connectivity index (χ2v) is 8.98. The SMILES string of the molecule is Cc1ccc(Cn2nc(C)c3c2CN(C(=O)C[C@H]2CC[C@H](C(=O)O)CC2)CC3)cc1. The minimum atomic E-state index is -0.694. The maximum atomic E-state index is 13.0. The first-order valence-electron chi connectivity index (χ1n) is 11.0. The lowest BCUT2D eigenvalue weighted by molar-refractivity contribution is -0.143. The molecule has 0 bridgehead atoms. The van der Waals surface area contributed by atoms with Crippen LogP contribution in [0.1, 0.15) is 60.2 Å². The summed E-state index contributed by atoms with van der Waals surface area (Å²) in [6.45, 7) is 6.22. The number of carbonyl (C=O) groups excluding carboxylic acids is 1. The fourth-order valence-electron chi connectivity index (χ4n) is 4.87. The number of carboxylic acid groups (broad SMARTS) is 1. The molecule has 2 aromatic rings. The van der Waals surface area contributed by atoms with Gasteiger partial charge in [-0.1, -0.05) is 29.8 Å². The zero-order chi connectivity index (χ0) is 21.3. The van der Waals surface area contributed by atoms with Crippen molar-refractivity contribution in [2.75, 3.05) is 6.54 Å². The van der Waals surface area contributed by atoms with Gasteiger partial charge in [0.05, 0.1) is 30.4 Å². The number of carboxylic acids is 1. The van der Waals surface area contributed by atoms with Crippen LogP contribution >= 0.6 is 0 Å². The van der Waals surface area contributed by atoms with Gasteiger partial charge in [-0.25, -0.2) is 0 Å². The lowest BCUT2D eigenvalue weighted by Gasteiger charge is -2.31. The third-order valence-corrected chi connectivity index (χ3v) is 6.80. The summed E-state index contributed by atoms with van der Waals surface area (Å²) < 4.78 is 2.06. The van der Waals surface area contributed by atoms with Gasteiger partial charge in [0.1, 0.15) is 0 Å². The van der Waals surface area contributed by atoms with Gasteiger partial charge >= 0.3 is 5.97 Å². The van der Waals surface area contributed by atoms with Crippen molar-refractivity contribution in [2.24, 2.45) is 11.8 Å². The molecule has 4 rings (SSSR count). The Morgan fingerprint density at radius 3 is 2.47 bits per heavy atom. The van der Waals surface area contributed by atoms with Crippen molar-refractivity contribution >= 4 is 11.9 Å². The van der Waals surface area contributed by atoms with Gasteiger partial charge in [-0.2, -0.15) is 5.10 Å². The summed E-state index contributed by atoms with van der Waals surface area (Å²) in [5.41, 5.74) is 5.96. The van der Waals surface area contributed by atoms with Crippen LogP contribution in [0.5, 0.6) is 0 Å². The van der Waals surface area contributed by atoms with E-state index in [0.717, 1.165) is 43.7 Å². The lowest BCUT2D eigenvalue weighted by Crippen LogP contribution is -2.38. The summed E-state index contributed by atoms with van der Waals surface area (Å²) >= 11 is 0. The third-order valence-electron chi connectivity index (χ3n) is 6.80. The molecule has 1 aliphatic carbocycles. The van der Waals surface area contributed by atoms with Gasteiger partial charge in [-0.15, -0.1) is 0 Å². The molecular formula is C24H31N3O3. The number of aliphatic carboxylic acids is 1. The molecule has 30 heavy (non-hydrogen) atoms. The van der Waals surface area contributed by atoms with E-state index in [1.165, 1.54) is 16.7 Å². The highest BCUT2D eigenvalue weighted by atomic mass is 16.4. The van der Waals surface area contributed by atoms with Gasteiger partial charge in [0.25, 0.3) is 0 Å². The molecule has 160 valence electrons. The van der Waals surface area contributed by atoms with Crippen LogP contribution in [0, 0.1) is 25.7 Å². The molecule has 0 atom stereocenters. The molecule has 1 aromatic heterocycles. The van der Waals surface area contributed by atoms with Gasteiger partial charge < -0.3 is 10.0 Å². The van der Waals surface area contributed by atoms with Crippen LogP contribution in [-0.4, -0.2) is 38.2 Å². The second kappa shape index (κ2) is 8.62. The molecule has 0 radical (unpaired) electrons. The molecule has 1 amide bonds. The van der Waals surface area contributed by atoms with Gasteiger partial charge in [0, 0.05) is 13.0 Å². The Balaban J connectivity index is 1.41. The van der Waals surface area contributed by atoms with Crippen LogP contribution in [0.3, 0.4) is 0 Å². The fourth-order valence-corrected chi connectivity index (χ4v) is 4.87. The van der Waals surface area contributed by atoms with Crippen molar-refractivity contribution in [1.29, 1.82) is 0 Å². The Labute approximate surface area is 177 Å². The molecule has 6 heteroatoms. The number of fused-ring (bicyclic) bond motifs is 1. The number of hydrogen-bond acceptors (Lipinski definition) is 3. The number of nitrogens with zero attached hydrogens (tertiary/aromatic N) is 3. The van der Waals surface area contributed by atoms with Crippen LogP contribution in [0.15, 0.2) is 24.3 Å². The van der Waals surface area contributed by atoms with Gasteiger partial charge in [-0.05, 0) is 63.0 Å². The van der Waals surface area contributed by atoms with Gasteiger partial charge in [0.2, 0.25) is 5.91 Å². The summed E-state index contributed by atoms with van der Waals surface area (Å²) in [5.74, 6) is -0.414. The molecule has 2 heterocycles. The standard InChI is InChI=1S/C24H31N3O3/c1-16-3-5-19(6-4-16)14-27-22-15-26(12-11-21(22)17(2)25-27)23(28)13-18-7-9-20(10-8-18)24(29)30/h3-6,18,20H,7-15H2,1-2H3,(H,29,30)/t18-,20-. The summed E-state index contributed by atoms with van der Waals surface area (Å²) in [4.78, 5) is 26.1. The van der Waals surface area contributed by atoms with Crippen molar-refractivity contribution in [2.45, 2.75) is 65.5 Å². The number of aromatic nitrogens is 2. The quantitative estimate of drug-likeness (QED) is 0.817. The first-order chi connectivity index (χ1) is 14.4. The van der Waals surface area contributed by atoms with Gasteiger partial charge in [-0.3, -0.25) is 14.3 Å². The normalized spacial score (nSPS) is 21.3. The lowest BCUT2D eigenvalue weighted by atomic mass is 9.80. The van der Waals surface area contributed by atoms with Crippen molar-refractivity contribution in [3.05, 3.63) is 52.3 Å². The molecule has 1 saturated carbocycles. The topological polar surface area (TPSA) is 75.4 Å². The molecule has 1 fully saturated rings. The first-order valence-corrected chi connectivity index (χ1v) is 11.0. The molecule has 1 aromatic carbocycles. The van der Waals surface area contributed by atoms with Crippen LogP contribution in [0.2, 0.25) is 0 Å². The Kier molecular flexibility index (Phi) is 5.93. The fraction of sp³-hybridized carbons (Fsp3) is 0.542. The average molecular weight is 410 g/mol. The summed E-state index contributed by atoms with van der Waals surface area (Å²) in [6.07, 6.45) is 4.46. The number of aryl methyl sites for hydroxylation is 2. The number of carbonyl (C=O) groups is 2. The predicted octanol–water partition coefficient (Wildman–Crippen LogP) is 3.71. The van der Waals surface area contributed by atoms with Crippen LogP contribution < -0.4 is 0 Å². The zero-order valence-electron chi connectivity index (χ0n) is 17.9. The number of amides is 1. The molecule has 0 spiro atoms. The molecule has 2 aliphatic rings. The average Bonchev–Trinajstić information content (AvgIpc) is 3.05. The monoisotopic (exact) mass is 409 g/mol. The van der Waals surface area contributed by atoms with Crippen LogP contribution in [-0.2, 0) is 29.1 Å². The van der Waals surface area contributed by atoms with Crippen LogP contribution in [0.4, 0.5) is 0 Å². The summed E-state index contributed by atoms with van der Waals surface area (Å²) in [6, 6.07) is 8.51. The van der Waals surface area contributed by atoms with E-state index in [9.17, 15) is 9.59 Å². The third kappa shape index (κ3) is 4.42.